The predicted molar refractivity (Wildman–Crippen MR) is 364 cm³/mol. The largest absolute Gasteiger partial charge is 0.462 e. The Morgan fingerprint density at radius 1 is 0.374 bits per heavy atom. The third-order valence-electron chi connectivity index (χ3n) is 11.5. The molecule has 0 aliphatic carbocycles. The Bertz CT molecular complexity index is 1620. The maximum Gasteiger partial charge on any atom is 0.328 e. The average molecular weight is 1540 g/mol. The zero-order valence-electron chi connectivity index (χ0n) is 57.7. The van der Waals surface area contributed by atoms with Crippen LogP contribution in [0, 0.1) is 23.7 Å². The number of carboxylic acids is 4. The Morgan fingerprint density at radius 3 is 0.824 bits per heavy atom. The van der Waals surface area contributed by atoms with Crippen molar-refractivity contribution in [2.75, 3.05) is 39.6 Å². The zero-order valence-corrected chi connectivity index (χ0v) is 65.2. The number of aliphatic hydroxyl groups excluding tert-OH is 1. The van der Waals surface area contributed by atoms with Gasteiger partial charge < -0.3 is 68.4 Å². The predicted octanol–water partition coefficient (Wildman–Crippen LogP) is 10.2. The first-order valence-corrected chi connectivity index (χ1v) is 42.0. The molecule has 1 N–H and O–H groups in total. The van der Waals surface area contributed by atoms with Gasteiger partial charge in [0.2, 0.25) is 0 Å². The molecule has 0 aliphatic heterocycles. The van der Waals surface area contributed by atoms with Gasteiger partial charge >= 0.3 is 169 Å². The van der Waals surface area contributed by atoms with Gasteiger partial charge in [0.1, 0.15) is 11.2 Å². The minimum atomic E-state index is -1.39. The van der Waals surface area contributed by atoms with Gasteiger partial charge in [-0.05, 0) is 73.7 Å². The van der Waals surface area contributed by atoms with Crippen LogP contribution in [0.3, 0.4) is 0 Å². The molecular formula is C68H120O19S2Sn2-2. The molecule has 19 nitrogen and oxygen atoms in total. The van der Waals surface area contributed by atoms with E-state index in [0.29, 0.717) is 74.4 Å². The minimum Gasteiger partial charge on any atom is -0.462 e. The second kappa shape index (κ2) is 82.5. The summed E-state index contributed by atoms with van der Waals surface area (Å²) in [7, 11) is 0. The number of esters is 5. The number of hydrogen-bond donors (Lipinski definition) is 3. The van der Waals surface area contributed by atoms with Gasteiger partial charge in [0.15, 0.2) is 0 Å². The van der Waals surface area contributed by atoms with Crippen molar-refractivity contribution in [2.45, 2.75) is 260 Å². The van der Waals surface area contributed by atoms with Gasteiger partial charge in [-0.1, -0.05) is 132 Å². The summed E-state index contributed by atoms with van der Waals surface area (Å²) in [6, 6.07) is 0. The first-order chi connectivity index (χ1) is 43.1. The van der Waals surface area contributed by atoms with E-state index in [4.69, 9.17) is 24.1 Å². The minimum absolute atomic E-state index is 0.0104. The third-order valence-corrected chi connectivity index (χ3v) is 20.0. The molecule has 2 radical (unpaired) electrons. The standard InChI is InChI=1S/4C12H20O4.C4H8O3S2.4C4H9.2Sn/c4*1-10(2)6-4-3-5-9-16-12(15)8-7-11(13)14;5-1-2-7-3(6)4(8)9;4*1-3-4-2;;/h4*7-8,10H,3-6,9H2,1-2H3,(H,13,14);4-5,8-9H,1-2H2;4*1,3-4H2,2H3;;/q;;;;;;;;;;+2/p-4/b4*8-7-;;;;;;;. The second-order valence-electron chi connectivity index (χ2n) is 22.4. The molecule has 0 spiro atoms. The molecule has 23 heteroatoms. The van der Waals surface area contributed by atoms with E-state index in [2.05, 4.69) is 113 Å². The van der Waals surface area contributed by atoms with Crippen LogP contribution in [0.4, 0.5) is 0 Å². The number of unbranched alkanes of at least 4 members (excludes halogenated alkanes) is 12. The van der Waals surface area contributed by atoms with Crippen molar-refractivity contribution in [3.8, 4) is 0 Å². The van der Waals surface area contributed by atoms with Crippen LogP contribution >= 0.6 is 25.3 Å². The van der Waals surface area contributed by atoms with E-state index in [-0.39, 0.29) is 55.5 Å². The summed E-state index contributed by atoms with van der Waals surface area (Å²) >= 11 is 7.65. The van der Waals surface area contributed by atoms with Crippen LogP contribution in [0.5, 0.6) is 0 Å². The van der Waals surface area contributed by atoms with E-state index in [1.807, 2.05) is 0 Å². The molecular weight excluding hydrogens is 1420 g/mol. The molecule has 0 aromatic heterocycles. The summed E-state index contributed by atoms with van der Waals surface area (Å²) in [5.41, 5.74) is 0. The molecule has 0 saturated carbocycles. The first kappa shape index (κ1) is 101. The average Bonchev–Trinajstić information content (AvgIpc) is 3.49. The number of aliphatic carboxylic acids is 4. The molecule has 528 valence electrons. The Kier molecular flexibility index (Phi) is 91.6. The van der Waals surface area contributed by atoms with Crippen molar-refractivity contribution in [3.05, 3.63) is 48.6 Å². The van der Waals surface area contributed by atoms with E-state index >= 15 is 0 Å². The fraction of sp³-hybridized carbons (Fsp3) is 0.750. The van der Waals surface area contributed by atoms with Gasteiger partial charge in [-0.2, -0.15) is 25.3 Å². The zero-order chi connectivity index (χ0) is 70.7. The summed E-state index contributed by atoms with van der Waals surface area (Å²) in [6.45, 7) is 27.7. The molecule has 0 heterocycles. The van der Waals surface area contributed by atoms with E-state index in [1.165, 1.54) is 77.0 Å². The second-order valence-corrected chi connectivity index (χ2v) is 32.4. The van der Waals surface area contributed by atoms with Crippen molar-refractivity contribution in [3.63, 3.8) is 0 Å². The molecule has 0 aromatic carbocycles. The monoisotopic (exact) mass is 1540 g/mol. The van der Waals surface area contributed by atoms with E-state index < -0.39 is 58.3 Å². The van der Waals surface area contributed by atoms with Crippen molar-refractivity contribution < 1.29 is 92.4 Å². The Balaban J connectivity index is -0.000000184. The van der Waals surface area contributed by atoms with Crippen LogP contribution in [0.25, 0.3) is 0 Å². The smallest absolute Gasteiger partial charge is 0.328 e. The number of hydrogen-bond acceptors (Lipinski definition) is 21. The summed E-state index contributed by atoms with van der Waals surface area (Å²) < 4.78 is 29.3. The number of carbonyl (C=O) groups excluding carboxylic acids is 9. The fourth-order valence-electron chi connectivity index (χ4n) is 6.43. The molecule has 0 atom stereocenters. The van der Waals surface area contributed by atoms with Gasteiger partial charge in [-0.25, -0.2) is 24.0 Å². The first-order valence-electron chi connectivity index (χ1n) is 32.9. The maximum absolute atomic E-state index is 10.9. The number of rotatable bonds is 47. The van der Waals surface area contributed by atoms with E-state index in [0.717, 1.165) is 101 Å². The van der Waals surface area contributed by atoms with E-state index in [1.54, 1.807) is 17.7 Å². The Morgan fingerprint density at radius 2 is 0.626 bits per heavy atom. The number of aliphatic hydroxyl groups is 1. The molecule has 0 rings (SSSR count). The molecule has 0 saturated heterocycles. The quantitative estimate of drug-likeness (QED) is 0.00970. The number of carbonyl (C=O) groups is 9. The Labute approximate surface area is 580 Å². The maximum atomic E-state index is 10.9. The number of thiol groups is 2. The Hall–Kier alpha value is -3.55. The summed E-state index contributed by atoms with van der Waals surface area (Å²) in [4.78, 5) is 93.9. The number of carboxylic acid groups (broad SMARTS) is 4. The van der Waals surface area contributed by atoms with Crippen molar-refractivity contribution >= 4 is 121 Å². The van der Waals surface area contributed by atoms with Crippen molar-refractivity contribution in [1.82, 2.24) is 0 Å². The van der Waals surface area contributed by atoms with Crippen LogP contribution in [0.2, 0.25) is 17.7 Å². The summed E-state index contributed by atoms with van der Waals surface area (Å²) in [5, 5.41) is 48.1. The van der Waals surface area contributed by atoms with Gasteiger partial charge in [-0.3, -0.25) is 0 Å². The molecule has 0 unspecified atom stereocenters. The van der Waals surface area contributed by atoms with Crippen molar-refractivity contribution in [1.29, 1.82) is 0 Å². The summed E-state index contributed by atoms with van der Waals surface area (Å²) in [6.07, 6.45) is 34.4. The van der Waals surface area contributed by atoms with Gasteiger partial charge in [0.25, 0.3) is 0 Å². The summed E-state index contributed by atoms with van der Waals surface area (Å²) in [5.74, 6) is -5.83. The number of ether oxygens (including phenoxy) is 5. The molecule has 91 heavy (non-hydrogen) atoms. The van der Waals surface area contributed by atoms with Crippen molar-refractivity contribution in [2.24, 2.45) is 23.7 Å². The normalized spacial score (nSPS) is 10.5. The molecule has 0 aliphatic rings. The fourth-order valence-corrected chi connectivity index (χ4v) is 14.9. The van der Waals surface area contributed by atoms with Crippen LogP contribution in [0.1, 0.15) is 237 Å². The molecule has 0 amide bonds. The molecule has 0 aromatic rings. The van der Waals surface area contributed by atoms with Gasteiger partial charge in [0, 0.05) is 24.3 Å². The van der Waals surface area contributed by atoms with Crippen LogP contribution in [-0.4, -0.2) is 145 Å². The topological polar surface area (TPSA) is 312 Å². The van der Waals surface area contributed by atoms with Gasteiger partial charge in [0.05, 0.1) is 56.9 Å². The molecule has 0 fully saturated rings. The van der Waals surface area contributed by atoms with Crippen LogP contribution in [0.15, 0.2) is 48.6 Å². The third kappa shape index (κ3) is 117. The molecule has 0 bridgehead atoms. The van der Waals surface area contributed by atoms with Crippen LogP contribution < -0.4 is 20.4 Å². The van der Waals surface area contributed by atoms with Crippen LogP contribution in [-0.2, 0) is 66.8 Å². The van der Waals surface area contributed by atoms with E-state index in [9.17, 15) is 63.6 Å². The SMILES string of the molecule is CC(C)CCCCCOC(=O)/C=C\C(=O)[O-].CC(C)CCCCCOC(=O)/C=C\C(=O)[O-].CC(C)CCCCCOC(=O)/C=C\C(=O)[O-].CC(C)CCCCCOC(=O)/C=C\C(=O)[O-].CCC[CH2][Sn+2][CH2]CCC.CCC[CH2][Sn][CH2]CCC.O=C(OCCO)C(S)S. The van der Waals surface area contributed by atoms with Gasteiger partial charge in [-0.15, -0.1) is 0 Å².